The molecule has 438 valence electrons. The lowest BCUT2D eigenvalue weighted by atomic mass is 9.42. The van der Waals surface area contributed by atoms with Gasteiger partial charge in [-0.15, -0.1) is 0 Å². The monoisotopic (exact) mass is 1100 g/mol. The summed E-state index contributed by atoms with van der Waals surface area (Å²) in [6.45, 7) is 5.95. The zero-order valence-electron chi connectivity index (χ0n) is 43.4. The highest BCUT2D eigenvalue weighted by Crippen LogP contribution is 2.73. The number of aliphatic hydroxyl groups excluding tert-OH is 14. The van der Waals surface area contributed by atoms with Gasteiger partial charge in [-0.2, -0.15) is 0 Å². The van der Waals surface area contributed by atoms with Crippen LogP contribution in [0.15, 0.2) is 0 Å². The molecular weight excluding hydrogens is 1010 g/mol. The summed E-state index contributed by atoms with van der Waals surface area (Å²) < 4.78 is 61.0. The first-order valence-corrected chi connectivity index (χ1v) is 27.5. The van der Waals surface area contributed by atoms with Crippen LogP contribution in [0.5, 0.6) is 0 Å². The minimum Gasteiger partial charge on any atom is -0.394 e. The average Bonchev–Trinajstić information content (AvgIpc) is 3.98. The number of hydrogen-bond donors (Lipinski definition) is 15. The summed E-state index contributed by atoms with van der Waals surface area (Å²) in [5.41, 5.74) is -1.75. The van der Waals surface area contributed by atoms with E-state index in [0.717, 1.165) is 38.5 Å². The largest absolute Gasteiger partial charge is 0.394 e. The Labute approximate surface area is 440 Å². The first-order chi connectivity index (χ1) is 36.0. The molecule has 0 unspecified atom stereocenters. The van der Waals surface area contributed by atoms with Crippen LogP contribution in [0.25, 0.3) is 0 Å². The summed E-state index contributed by atoms with van der Waals surface area (Å²) in [7, 11) is 0. The summed E-state index contributed by atoms with van der Waals surface area (Å²) in [5, 5.41) is 165. The molecule has 4 aliphatic carbocycles. The molecule has 33 atom stereocenters. The molecule has 0 amide bonds. The predicted molar refractivity (Wildman–Crippen MR) is 251 cm³/mol. The molecular formula is C51H84O25. The summed E-state index contributed by atoms with van der Waals surface area (Å²) in [4.78, 5) is 0. The van der Waals surface area contributed by atoms with Crippen LogP contribution in [0, 0.1) is 46.3 Å². The molecule has 0 bridgehead atoms. The van der Waals surface area contributed by atoms with Crippen molar-refractivity contribution >= 4 is 0 Å². The third-order valence-corrected chi connectivity index (χ3v) is 20.6. The Kier molecular flexibility index (Phi) is 16.8. The minimum atomic E-state index is -2.07. The van der Waals surface area contributed by atoms with Gasteiger partial charge in [0.05, 0.1) is 56.9 Å². The van der Waals surface area contributed by atoms with Gasteiger partial charge in [0.25, 0.3) is 0 Å². The first kappa shape index (κ1) is 58.2. The van der Waals surface area contributed by atoms with E-state index in [9.17, 15) is 76.6 Å². The molecule has 0 aromatic carbocycles. The summed E-state index contributed by atoms with van der Waals surface area (Å²) >= 11 is 0. The van der Waals surface area contributed by atoms with Crippen molar-refractivity contribution < 1.29 is 124 Å². The van der Waals surface area contributed by atoms with E-state index in [-0.39, 0.29) is 46.5 Å². The molecule has 25 nitrogen and oxygen atoms in total. The molecule has 6 saturated heterocycles. The molecule has 0 aromatic heterocycles. The summed E-state index contributed by atoms with van der Waals surface area (Å²) in [6, 6.07) is 0. The van der Waals surface area contributed by atoms with Crippen molar-refractivity contribution in [3.8, 4) is 0 Å². The van der Waals surface area contributed by atoms with Crippen molar-refractivity contribution in [3.05, 3.63) is 0 Å². The van der Waals surface area contributed by atoms with E-state index in [1.54, 1.807) is 0 Å². The zero-order chi connectivity index (χ0) is 54.7. The topological polar surface area (TPSA) is 396 Å². The van der Waals surface area contributed by atoms with Crippen molar-refractivity contribution in [2.45, 2.75) is 238 Å². The molecule has 6 heterocycles. The molecule has 0 radical (unpaired) electrons. The van der Waals surface area contributed by atoms with Gasteiger partial charge in [0.15, 0.2) is 30.9 Å². The van der Waals surface area contributed by atoms with Gasteiger partial charge in [-0.3, -0.25) is 0 Å². The molecule has 6 aliphatic heterocycles. The third kappa shape index (κ3) is 9.46. The Morgan fingerprint density at radius 1 is 0.513 bits per heavy atom. The van der Waals surface area contributed by atoms with Gasteiger partial charge in [-0.1, -0.05) is 27.7 Å². The standard InChI is InChI=1S/C51H84O25/c1-19-7-10-51(67-18-19)20(2)31-26(76-51)13-50(66)23-6-5-21-11-25(24(56)12-48(21,3)22(23)8-9-49(31,50)4)68-44-40(65)37(62)41(30(17-55)72-44)73-47-43(75-46-39(64)36(61)33(58)28(15-53)70-46)42(34(59)29(16-54)71-47)74-45-38(63)35(60)32(57)27(14-52)69-45/h19-47,52-66H,5-18H2,1-4H3/t19-,20+,21+,22+,23-,24-,25-,26+,27-,28-,29-,30-,31+,32-,33+,34-,35+,36+,37-,38-,39-,40-,41+,42+,43-,44-,45+,46+,47+,48+,49-,50-,51-/m1/s1. The molecule has 25 heteroatoms. The van der Waals surface area contributed by atoms with Crippen LogP contribution in [-0.4, -0.2) is 262 Å². The third-order valence-electron chi connectivity index (χ3n) is 20.6. The number of hydrogen-bond acceptors (Lipinski definition) is 25. The maximum atomic E-state index is 13.1. The lowest BCUT2D eigenvalue weighted by Gasteiger charge is -2.64. The normalized spacial score (nSPS) is 58.4. The fraction of sp³-hybridized carbons (Fsp3) is 1.00. The number of fused-ring (bicyclic) bond motifs is 7. The van der Waals surface area contributed by atoms with E-state index in [2.05, 4.69) is 27.7 Å². The lowest BCUT2D eigenvalue weighted by Crippen LogP contribution is -2.69. The molecule has 10 aliphatic rings. The van der Waals surface area contributed by atoms with Gasteiger partial charge in [0.2, 0.25) is 0 Å². The number of ether oxygens (including phenoxy) is 10. The van der Waals surface area contributed by atoms with Gasteiger partial charge in [0.1, 0.15) is 97.7 Å². The van der Waals surface area contributed by atoms with Crippen molar-refractivity contribution in [1.82, 2.24) is 0 Å². The summed E-state index contributed by atoms with van der Waals surface area (Å²) in [5.74, 6) is 0.219. The number of aliphatic hydroxyl groups is 15. The van der Waals surface area contributed by atoms with Crippen LogP contribution >= 0.6 is 0 Å². The Morgan fingerprint density at radius 2 is 1.05 bits per heavy atom. The second-order valence-corrected chi connectivity index (χ2v) is 24.6. The molecule has 10 rings (SSSR count). The molecule has 4 saturated carbocycles. The van der Waals surface area contributed by atoms with Crippen molar-refractivity contribution in [3.63, 3.8) is 0 Å². The van der Waals surface area contributed by atoms with Crippen LogP contribution in [0.4, 0.5) is 0 Å². The zero-order valence-corrected chi connectivity index (χ0v) is 43.4. The van der Waals surface area contributed by atoms with E-state index >= 15 is 0 Å². The highest BCUT2D eigenvalue weighted by molar-refractivity contribution is 5.22. The van der Waals surface area contributed by atoms with Crippen molar-refractivity contribution in [2.24, 2.45) is 46.3 Å². The van der Waals surface area contributed by atoms with Crippen LogP contribution in [0.1, 0.15) is 85.5 Å². The Morgan fingerprint density at radius 3 is 1.64 bits per heavy atom. The second kappa shape index (κ2) is 22.0. The van der Waals surface area contributed by atoms with E-state index in [0.29, 0.717) is 31.8 Å². The Balaban J connectivity index is 0.838. The van der Waals surface area contributed by atoms with Crippen molar-refractivity contribution in [1.29, 1.82) is 0 Å². The highest BCUT2D eigenvalue weighted by atomic mass is 16.8. The van der Waals surface area contributed by atoms with Crippen LogP contribution in [-0.2, 0) is 47.4 Å². The quantitative estimate of drug-likeness (QED) is 0.0815. The maximum absolute atomic E-state index is 13.1. The van der Waals surface area contributed by atoms with Crippen LogP contribution < -0.4 is 0 Å². The minimum absolute atomic E-state index is 0.0245. The van der Waals surface area contributed by atoms with E-state index in [1.165, 1.54) is 0 Å². The Hall–Kier alpha value is -1.00. The van der Waals surface area contributed by atoms with Crippen LogP contribution in [0.2, 0.25) is 0 Å². The van der Waals surface area contributed by atoms with Crippen LogP contribution in [0.3, 0.4) is 0 Å². The van der Waals surface area contributed by atoms with E-state index < -0.39 is 173 Å². The van der Waals surface area contributed by atoms with E-state index in [1.807, 2.05) is 0 Å². The van der Waals surface area contributed by atoms with E-state index in [4.69, 9.17) is 47.4 Å². The van der Waals surface area contributed by atoms with Gasteiger partial charge in [-0.05, 0) is 74.0 Å². The smallest absolute Gasteiger partial charge is 0.187 e. The fourth-order valence-corrected chi connectivity index (χ4v) is 16.2. The fourth-order valence-electron chi connectivity index (χ4n) is 16.2. The van der Waals surface area contributed by atoms with Gasteiger partial charge >= 0.3 is 0 Å². The van der Waals surface area contributed by atoms with Gasteiger partial charge in [0, 0.05) is 30.1 Å². The maximum Gasteiger partial charge on any atom is 0.187 e. The SMILES string of the molecule is C[C@@H]1CC[C@@]2(OC1)O[C@H]1C[C@@]3(O)[C@@H]4CC[C@H]5C[C@@H](O[C@@H]6O[C@H](CO)[C@H](O[C@@H]7O[C@H](CO)[C@@H](O)[C@H](O[C@@H]8O[C@H](CO)[C@@H](O)[C@H](O)[C@H]8O)[C@H]7O[C@@H]7O[C@H](CO)[C@H](O)[C@H](O)[C@H]7O)[C@H](O)[C@H]6O)[C@H](O)C[C@]5(C)[C@H]4CC[C@]3(C)[C@H]1[C@@H]2C. The second-order valence-electron chi connectivity index (χ2n) is 24.6. The average molecular weight is 1100 g/mol. The number of rotatable bonds is 12. The summed E-state index contributed by atoms with van der Waals surface area (Å²) in [6.07, 6.45) is -32.9. The highest BCUT2D eigenvalue weighted by Gasteiger charge is 2.75. The molecule has 15 N–H and O–H groups in total. The van der Waals surface area contributed by atoms with Gasteiger partial charge < -0.3 is 124 Å². The molecule has 10 fully saturated rings. The lowest BCUT2D eigenvalue weighted by molar-refractivity contribution is -0.407. The van der Waals surface area contributed by atoms with Gasteiger partial charge in [-0.25, -0.2) is 0 Å². The molecule has 76 heavy (non-hydrogen) atoms. The Bertz CT molecular complexity index is 1960. The first-order valence-electron chi connectivity index (χ1n) is 27.5. The predicted octanol–water partition coefficient (Wildman–Crippen LogP) is -4.82. The molecule has 1 spiro atoms. The molecule has 0 aromatic rings. The van der Waals surface area contributed by atoms with Crippen molar-refractivity contribution in [2.75, 3.05) is 33.0 Å².